The first kappa shape index (κ1) is 14.8. The molecular weight excluding hydrogens is 270 g/mol. The van der Waals surface area contributed by atoms with E-state index < -0.39 is 0 Å². The number of ether oxygens (including phenoxy) is 1. The molecule has 20 heavy (non-hydrogen) atoms. The van der Waals surface area contributed by atoms with Crippen LogP contribution in [0.1, 0.15) is 24.2 Å². The number of aromatic nitrogens is 2. The number of rotatable bonds is 6. The minimum atomic E-state index is 0.0726. The largest absolute Gasteiger partial charge is 0.497 e. The summed E-state index contributed by atoms with van der Waals surface area (Å²) in [6.07, 6.45) is 4.22. The topological polar surface area (TPSA) is 61.0 Å². The number of hydrogen-bond acceptors (Lipinski definition) is 5. The highest BCUT2D eigenvalue weighted by Crippen LogP contribution is 2.37. The Hall–Kier alpha value is -1.59. The van der Waals surface area contributed by atoms with Gasteiger partial charge in [-0.2, -0.15) is 0 Å². The number of nitrogens with zero attached hydrogens (tertiary/aromatic N) is 2. The molecule has 0 spiro atoms. The lowest BCUT2D eigenvalue weighted by Gasteiger charge is -2.22. The number of benzene rings is 1. The molecule has 2 rings (SSSR count). The van der Waals surface area contributed by atoms with Crippen molar-refractivity contribution >= 4 is 11.8 Å². The zero-order valence-electron chi connectivity index (χ0n) is 11.7. The average Bonchev–Trinajstić information content (AvgIpc) is 2.53. The van der Waals surface area contributed by atoms with E-state index in [1.807, 2.05) is 18.2 Å². The maximum Gasteiger partial charge on any atom is 0.118 e. The van der Waals surface area contributed by atoms with E-state index in [9.17, 15) is 0 Å². The zero-order valence-corrected chi connectivity index (χ0v) is 12.5. The van der Waals surface area contributed by atoms with Crippen molar-refractivity contribution in [2.45, 2.75) is 29.7 Å². The van der Waals surface area contributed by atoms with Crippen molar-refractivity contribution in [1.82, 2.24) is 9.97 Å². The third-order valence-electron chi connectivity index (χ3n) is 3.11. The van der Waals surface area contributed by atoms with Crippen molar-refractivity contribution in [2.75, 3.05) is 7.11 Å². The molecule has 0 bridgehead atoms. The van der Waals surface area contributed by atoms with Crippen LogP contribution in [-0.4, -0.2) is 23.1 Å². The monoisotopic (exact) mass is 289 g/mol. The maximum atomic E-state index is 6.27. The van der Waals surface area contributed by atoms with Gasteiger partial charge < -0.3 is 10.5 Å². The molecule has 0 aliphatic rings. The summed E-state index contributed by atoms with van der Waals surface area (Å²) in [5.74, 6) is 0.851. The fourth-order valence-corrected chi connectivity index (χ4v) is 3.06. The summed E-state index contributed by atoms with van der Waals surface area (Å²) in [6.45, 7) is 2.10. The molecule has 2 atom stereocenters. The first-order valence-corrected chi connectivity index (χ1v) is 7.44. The third kappa shape index (κ3) is 3.71. The van der Waals surface area contributed by atoms with E-state index in [2.05, 4.69) is 29.0 Å². The summed E-state index contributed by atoms with van der Waals surface area (Å²) < 4.78 is 5.20. The van der Waals surface area contributed by atoms with Gasteiger partial charge in [-0.25, -0.2) is 9.97 Å². The summed E-state index contributed by atoms with van der Waals surface area (Å²) in [4.78, 5) is 8.21. The molecule has 106 valence electrons. The lowest BCUT2D eigenvalue weighted by atomic mass is 10.0. The fraction of sp³-hybridized carbons (Fsp3) is 0.333. The van der Waals surface area contributed by atoms with Gasteiger partial charge in [0.25, 0.3) is 0 Å². The molecule has 5 heteroatoms. The van der Waals surface area contributed by atoms with Gasteiger partial charge in [-0.15, -0.1) is 0 Å². The molecule has 0 aliphatic heterocycles. The first-order valence-electron chi connectivity index (χ1n) is 6.56. The van der Waals surface area contributed by atoms with Crippen molar-refractivity contribution in [2.24, 2.45) is 5.73 Å². The lowest BCUT2D eigenvalue weighted by Crippen LogP contribution is -2.25. The Labute approximate surface area is 123 Å². The van der Waals surface area contributed by atoms with Gasteiger partial charge in [0.15, 0.2) is 0 Å². The summed E-state index contributed by atoms with van der Waals surface area (Å²) >= 11 is 1.67. The Kier molecular flexibility index (Phi) is 5.38. The highest BCUT2D eigenvalue weighted by atomic mass is 32.2. The molecular formula is C15H19N3OS. The van der Waals surface area contributed by atoms with Crippen molar-refractivity contribution in [3.63, 3.8) is 0 Å². The molecule has 0 saturated heterocycles. The van der Waals surface area contributed by atoms with Gasteiger partial charge in [0.1, 0.15) is 12.1 Å². The van der Waals surface area contributed by atoms with Crippen LogP contribution in [0.4, 0.5) is 0 Å². The number of methoxy groups -OCH3 is 1. The van der Waals surface area contributed by atoms with E-state index in [1.165, 1.54) is 5.56 Å². The molecule has 2 aromatic rings. The van der Waals surface area contributed by atoms with Gasteiger partial charge in [-0.3, -0.25) is 0 Å². The van der Waals surface area contributed by atoms with Crippen LogP contribution in [0.2, 0.25) is 0 Å². The summed E-state index contributed by atoms with van der Waals surface area (Å²) in [6, 6.07) is 10.0. The highest BCUT2D eigenvalue weighted by Gasteiger charge is 2.20. The van der Waals surface area contributed by atoms with Crippen LogP contribution in [0.15, 0.2) is 47.9 Å². The fourth-order valence-electron chi connectivity index (χ4n) is 1.89. The van der Waals surface area contributed by atoms with Crippen LogP contribution in [0, 0.1) is 0 Å². The van der Waals surface area contributed by atoms with E-state index in [1.54, 1.807) is 31.4 Å². The Morgan fingerprint density at radius 1 is 1.25 bits per heavy atom. The molecule has 0 amide bonds. The van der Waals surface area contributed by atoms with Crippen molar-refractivity contribution in [3.05, 3.63) is 48.4 Å². The minimum absolute atomic E-state index is 0.0726. The van der Waals surface area contributed by atoms with E-state index >= 15 is 0 Å². The Balaban J connectivity index is 2.22. The standard InChI is InChI=1S/C15H19N3OS/c1-3-13(16)15(20-14-8-9-17-10-18-14)11-4-6-12(19-2)7-5-11/h4-10,13,15H,3,16H2,1-2H3. The van der Waals surface area contributed by atoms with Gasteiger partial charge in [-0.1, -0.05) is 30.8 Å². The molecule has 1 aromatic heterocycles. The second-order valence-corrected chi connectivity index (χ2v) is 5.59. The SMILES string of the molecule is CCC(N)C(Sc1ccncn1)c1ccc(OC)cc1. The predicted molar refractivity (Wildman–Crippen MR) is 81.9 cm³/mol. The quantitative estimate of drug-likeness (QED) is 0.654. The summed E-state index contributed by atoms with van der Waals surface area (Å²) in [5.41, 5.74) is 7.46. The first-order chi connectivity index (χ1) is 9.74. The van der Waals surface area contributed by atoms with Crippen LogP contribution in [-0.2, 0) is 0 Å². The molecule has 0 saturated carbocycles. The molecule has 2 N–H and O–H groups in total. The number of hydrogen-bond donors (Lipinski definition) is 1. The van der Waals surface area contributed by atoms with Gasteiger partial charge in [0.2, 0.25) is 0 Å². The summed E-state index contributed by atoms with van der Waals surface area (Å²) in [5, 5.41) is 1.10. The van der Waals surface area contributed by atoms with E-state index in [-0.39, 0.29) is 11.3 Å². The normalized spacial score (nSPS) is 13.8. The molecule has 4 nitrogen and oxygen atoms in total. The van der Waals surface area contributed by atoms with E-state index in [0.29, 0.717) is 0 Å². The zero-order chi connectivity index (χ0) is 14.4. The van der Waals surface area contributed by atoms with Crippen LogP contribution in [0.25, 0.3) is 0 Å². The number of thioether (sulfide) groups is 1. The average molecular weight is 289 g/mol. The number of nitrogens with two attached hydrogens (primary N) is 1. The van der Waals surface area contributed by atoms with Crippen LogP contribution in [0.5, 0.6) is 5.75 Å². The van der Waals surface area contributed by atoms with Gasteiger partial charge >= 0.3 is 0 Å². The van der Waals surface area contributed by atoms with Crippen molar-refractivity contribution < 1.29 is 4.74 Å². The van der Waals surface area contributed by atoms with Crippen LogP contribution < -0.4 is 10.5 Å². The van der Waals surface area contributed by atoms with Crippen LogP contribution in [0.3, 0.4) is 0 Å². The smallest absolute Gasteiger partial charge is 0.118 e. The second kappa shape index (κ2) is 7.26. The van der Waals surface area contributed by atoms with E-state index in [0.717, 1.165) is 17.2 Å². The molecule has 2 unspecified atom stereocenters. The molecule has 0 fully saturated rings. The third-order valence-corrected chi connectivity index (χ3v) is 4.47. The van der Waals surface area contributed by atoms with Crippen molar-refractivity contribution in [1.29, 1.82) is 0 Å². The maximum absolute atomic E-state index is 6.27. The second-order valence-electron chi connectivity index (χ2n) is 4.43. The van der Waals surface area contributed by atoms with Crippen molar-refractivity contribution in [3.8, 4) is 5.75 Å². The highest BCUT2D eigenvalue weighted by molar-refractivity contribution is 7.99. The molecule has 0 radical (unpaired) electrons. The summed E-state index contributed by atoms with van der Waals surface area (Å²) in [7, 11) is 1.67. The minimum Gasteiger partial charge on any atom is -0.497 e. The van der Waals surface area contributed by atoms with Gasteiger partial charge in [0, 0.05) is 12.2 Å². The Morgan fingerprint density at radius 3 is 2.55 bits per heavy atom. The Bertz CT molecular complexity index is 518. The predicted octanol–water partition coefficient (Wildman–Crippen LogP) is 3.06. The van der Waals surface area contributed by atoms with Gasteiger partial charge in [-0.05, 0) is 30.2 Å². The molecule has 0 aliphatic carbocycles. The van der Waals surface area contributed by atoms with Gasteiger partial charge in [0.05, 0.1) is 17.4 Å². The van der Waals surface area contributed by atoms with Crippen LogP contribution >= 0.6 is 11.8 Å². The van der Waals surface area contributed by atoms with E-state index in [4.69, 9.17) is 10.5 Å². The lowest BCUT2D eigenvalue weighted by molar-refractivity contribution is 0.414. The Morgan fingerprint density at radius 2 is 2.00 bits per heavy atom. The molecule has 1 aromatic carbocycles. The molecule has 1 heterocycles.